The van der Waals surface area contributed by atoms with Gasteiger partial charge in [0.2, 0.25) is 15.9 Å². The van der Waals surface area contributed by atoms with Gasteiger partial charge in [0, 0.05) is 6.54 Å². The molecule has 1 heterocycles. The summed E-state index contributed by atoms with van der Waals surface area (Å²) >= 11 is 0. The molecule has 1 aromatic rings. The minimum atomic E-state index is -3.84. The number of carboxylic acids is 1. The van der Waals surface area contributed by atoms with Crippen molar-refractivity contribution in [2.75, 3.05) is 13.1 Å². The third kappa shape index (κ3) is 3.96. The van der Waals surface area contributed by atoms with E-state index in [1.807, 2.05) is 6.92 Å². The lowest BCUT2D eigenvalue weighted by atomic mass is 10.1. The van der Waals surface area contributed by atoms with Crippen LogP contribution < -0.4 is 5.32 Å². The van der Waals surface area contributed by atoms with E-state index in [9.17, 15) is 18.0 Å². The van der Waals surface area contributed by atoms with E-state index in [0.29, 0.717) is 0 Å². The molecule has 124 valence electrons. The zero-order chi connectivity index (χ0) is 17.0. The van der Waals surface area contributed by atoms with E-state index in [4.69, 9.17) is 5.11 Å². The van der Waals surface area contributed by atoms with Gasteiger partial charge in [-0.3, -0.25) is 9.59 Å². The van der Waals surface area contributed by atoms with Gasteiger partial charge in [-0.2, -0.15) is 4.31 Å². The highest BCUT2D eigenvalue weighted by atomic mass is 32.2. The predicted molar refractivity (Wildman–Crippen MR) is 83.3 cm³/mol. The molecule has 8 heteroatoms. The summed E-state index contributed by atoms with van der Waals surface area (Å²) in [6, 6.07) is 5.41. The van der Waals surface area contributed by atoms with Crippen LogP contribution in [0.1, 0.15) is 12.0 Å². The highest BCUT2D eigenvalue weighted by Gasteiger charge is 2.36. The molecule has 0 spiro atoms. The minimum absolute atomic E-state index is 0.0708. The van der Waals surface area contributed by atoms with Crippen LogP contribution in [0.3, 0.4) is 0 Å². The molecule has 0 bridgehead atoms. The molecular formula is C15H18N2O5S. The zero-order valence-corrected chi connectivity index (χ0v) is 13.4. The Kier molecular flexibility index (Phi) is 5.17. The van der Waals surface area contributed by atoms with Crippen molar-refractivity contribution in [2.45, 2.75) is 24.3 Å². The number of rotatable bonds is 5. The number of sulfonamides is 1. The van der Waals surface area contributed by atoms with Crippen molar-refractivity contribution in [3.05, 3.63) is 42.0 Å². The Hall–Kier alpha value is -2.19. The number of aliphatic carboxylic acids is 1. The van der Waals surface area contributed by atoms with Crippen LogP contribution in [0.15, 0.2) is 41.3 Å². The lowest BCUT2D eigenvalue weighted by Crippen LogP contribution is -2.51. The molecule has 1 aromatic carbocycles. The van der Waals surface area contributed by atoms with Crippen LogP contribution in [0, 0.1) is 6.92 Å². The van der Waals surface area contributed by atoms with Crippen molar-refractivity contribution >= 4 is 21.9 Å². The topological polar surface area (TPSA) is 104 Å². The fourth-order valence-corrected chi connectivity index (χ4v) is 3.83. The van der Waals surface area contributed by atoms with Gasteiger partial charge in [-0.25, -0.2) is 8.42 Å². The smallest absolute Gasteiger partial charge is 0.322 e. The largest absolute Gasteiger partial charge is 0.480 e. The SMILES string of the molecule is Cc1ccc(S(=O)(=O)N2CC=CCC2C(=O)NCC(=O)O)cc1. The molecule has 2 N–H and O–H groups in total. The molecule has 1 amide bonds. The number of carbonyl (C=O) groups is 2. The van der Waals surface area contributed by atoms with Gasteiger partial charge in [0.05, 0.1) is 4.90 Å². The van der Waals surface area contributed by atoms with Gasteiger partial charge in [0.25, 0.3) is 0 Å². The summed E-state index contributed by atoms with van der Waals surface area (Å²) in [4.78, 5) is 22.8. The number of nitrogens with zero attached hydrogens (tertiary/aromatic N) is 1. The summed E-state index contributed by atoms with van der Waals surface area (Å²) in [5, 5.41) is 10.9. The number of hydrogen-bond donors (Lipinski definition) is 2. The van der Waals surface area contributed by atoms with Crippen molar-refractivity contribution in [1.82, 2.24) is 9.62 Å². The summed E-state index contributed by atoms with van der Waals surface area (Å²) in [6.45, 7) is 1.38. The Labute approximate surface area is 134 Å². The van der Waals surface area contributed by atoms with Crippen LogP contribution in [0.4, 0.5) is 0 Å². The second kappa shape index (κ2) is 6.93. The fraction of sp³-hybridized carbons (Fsp3) is 0.333. The summed E-state index contributed by atoms with van der Waals surface area (Å²) in [6.07, 6.45) is 3.59. The van der Waals surface area contributed by atoms with Crippen LogP contribution in [-0.4, -0.2) is 48.8 Å². The van der Waals surface area contributed by atoms with Gasteiger partial charge >= 0.3 is 5.97 Å². The Morgan fingerprint density at radius 2 is 1.91 bits per heavy atom. The second-order valence-electron chi connectivity index (χ2n) is 5.22. The number of benzene rings is 1. The number of amides is 1. The third-order valence-corrected chi connectivity index (χ3v) is 5.39. The van der Waals surface area contributed by atoms with Crippen LogP contribution in [0.2, 0.25) is 0 Å². The molecule has 7 nitrogen and oxygen atoms in total. The molecule has 0 saturated heterocycles. The van der Waals surface area contributed by atoms with Crippen molar-refractivity contribution in [3.8, 4) is 0 Å². The third-order valence-electron chi connectivity index (χ3n) is 3.50. The number of carbonyl (C=O) groups excluding carboxylic acids is 1. The summed E-state index contributed by atoms with van der Waals surface area (Å²) in [7, 11) is -3.84. The fourth-order valence-electron chi connectivity index (χ4n) is 2.28. The van der Waals surface area contributed by atoms with Gasteiger partial charge in [-0.05, 0) is 25.5 Å². The Bertz CT molecular complexity index is 725. The minimum Gasteiger partial charge on any atom is -0.480 e. The average molecular weight is 338 g/mol. The molecule has 0 fully saturated rings. The molecule has 0 aliphatic carbocycles. The molecule has 2 rings (SSSR count). The molecule has 1 aliphatic heterocycles. The molecule has 0 radical (unpaired) electrons. The number of carboxylic acid groups (broad SMARTS) is 1. The Morgan fingerprint density at radius 1 is 1.26 bits per heavy atom. The highest BCUT2D eigenvalue weighted by Crippen LogP contribution is 2.23. The average Bonchev–Trinajstić information content (AvgIpc) is 2.53. The van der Waals surface area contributed by atoms with E-state index in [0.717, 1.165) is 9.87 Å². The maximum atomic E-state index is 12.7. The number of aryl methyl sites for hydroxylation is 1. The lowest BCUT2D eigenvalue weighted by Gasteiger charge is -2.30. The summed E-state index contributed by atoms with van der Waals surface area (Å²) < 4.78 is 26.6. The lowest BCUT2D eigenvalue weighted by molar-refractivity contribution is -0.138. The van der Waals surface area contributed by atoms with Crippen LogP contribution in [-0.2, 0) is 19.6 Å². The van der Waals surface area contributed by atoms with Crippen molar-refractivity contribution in [1.29, 1.82) is 0 Å². The molecule has 1 aliphatic rings. The van der Waals surface area contributed by atoms with Crippen molar-refractivity contribution in [3.63, 3.8) is 0 Å². The zero-order valence-electron chi connectivity index (χ0n) is 12.6. The molecule has 0 aromatic heterocycles. The van der Waals surface area contributed by atoms with Gasteiger partial charge in [0.15, 0.2) is 0 Å². The first-order valence-corrected chi connectivity index (χ1v) is 8.49. The first-order valence-electron chi connectivity index (χ1n) is 7.05. The van der Waals surface area contributed by atoms with Gasteiger partial charge in [-0.15, -0.1) is 0 Å². The molecule has 1 atom stereocenters. The van der Waals surface area contributed by atoms with E-state index in [1.165, 1.54) is 12.1 Å². The quantitative estimate of drug-likeness (QED) is 0.762. The monoisotopic (exact) mass is 338 g/mol. The molecular weight excluding hydrogens is 320 g/mol. The predicted octanol–water partition coefficient (Wildman–Crippen LogP) is 0.515. The van der Waals surface area contributed by atoms with E-state index >= 15 is 0 Å². The van der Waals surface area contributed by atoms with E-state index in [-0.39, 0.29) is 17.9 Å². The molecule has 0 saturated carbocycles. The van der Waals surface area contributed by atoms with Gasteiger partial charge < -0.3 is 10.4 Å². The Balaban J connectivity index is 2.27. The van der Waals surface area contributed by atoms with Gasteiger partial charge in [-0.1, -0.05) is 29.8 Å². The van der Waals surface area contributed by atoms with Crippen LogP contribution >= 0.6 is 0 Å². The first kappa shape index (κ1) is 17.2. The number of nitrogens with one attached hydrogen (secondary N) is 1. The maximum Gasteiger partial charge on any atom is 0.322 e. The summed E-state index contributed by atoms with van der Waals surface area (Å²) in [5.74, 6) is -1.80. The number of hydrogen-bond acceptors (Lipinski definition) is 4. The normalized spacial score (nSPS) is 18.6. The van der Waals surface area contributed by atoms with E-state index in [1.54, 1.807) is 24.3 Å². The van der Waals surface area contributed by atoms with Crippen molar-refractivity contribution < 1.29 is 23.1 Å². The van der Waals surface area contributed by atoms with E-state index in [2.05, 4.69) is 5.32 Å². The molecule has 23 heavy (non-hydrogen) atoms. The van der Waals surface area contributed by atoms with E-state index < -0.39 is 34.5 Å². The summed E-state index contributed by atoms with van der Waals surface area (Å²) in [5.41, 5.74) is 0.929. The first-order chi connectivity index (χ1) is 10.8. The van der Waals surface area contributed by atoms with Crippen molar-refractivity contribution in [2.24, 2.45) is 0 Å². The van der Waals surface area contributed by atoms with Crippen LogP contribution in [0.5, 0.6) is 0 Å². The highest BCUT2D eigenvalue weighted by molar-refractivity contribution is 7.89. The molecule has 1 unspecified atom stereocenters. The standard InChI is InChI=1S/C15H18N2O5S/c1-11-5-7-12(8-6-11)23(21,22)17-9-3-2-4-13(17)15(20)16-10-14(18)19/h2-3,5-8,13H,4,9-10H2,1H3,(H,16,20)(H,18,19). The second-order valence-corrected chi connectivity index (χ2v) is 7.11. The van der Waals surface area contributed by atoms with Gasteiger partial charge in [0.1, 0.15) is 12.6 Å². The maximum absolute atomic E-state index is 12.7. The Morgan fingerprint density at radius 3 is 2.52 bits per heavy atom. The van der Waals surface area contributed by atoms with Crippen LogP contribution in [0.25, 0.3) is 0 Å².